The first-order valence-electron chi connectivity index (χ1n) is 8.69. The zero-order valence-corrected chi connectivity index (χ0v) is 15.9. The molecular weight excluding hydrogens is 382 g/mol. The van der Waals surface area contributed by atoms with Gasteiger partial charge < -0.3 is 24.4 Å². The number of rotatable bonds is 2. The van der Waals surface area contributed by atoms with Crippen molar-refractivity contribution in [2.75, 3.05) is 32.2 Å². The Kier molecular flexibility index (Phi) is 4.79. The fourth-order valence-electron chi connectivity index (χ4n) is 3.25. The maximum Gasteiger partial charge on any atom is 0.409 e. The molecule has 0 aliphatic carbocycles. The molecule has 0 radical (unpaired) electrons. The third-order valence-electron chi connectivity index (χ3n) is 4.63. The standard InChI is InChI=1S/C19H17N3O5S/c1-25-19(24)22-5-4-12-13(9-20)18(28-16(12)10-22)21-17(23)11-2-3-14-15(8-11)27-7-6-26-14/h2-3,8H,4-7,10H2,1H3,(H,21,23). The Morgan fingerprint density at radius 2 is 2.07 bits per heavy atom. The lowest BCUT2D eigenvalue weighted by Crippen LogP contribution is -2.35. The molecule has 0 saturated carbocycles. The molecule has 0 atom stereocenters. The van der Waals surface area contributed by atoms with E-state index >= 15 is 0 Å². The number of nitrogens with one attached hydrogen (secondary N) is 1. The van der Waals surface area contributed by atoms with Crippen molar-refractivity contribution in [1.29, 1.82) is 5.26 Å². The Bertz CT molecular complexity index is 994. The summed E-state index contributed by atoms with van der Waals surface area (Å²) < 4.78 is 15.8. The summed E-state index contributed by atoms with van der Waals surface area (Å²) in [7, 11) is 1.34. The summed E-state index contributed by atoms with van der Waals surface area (Å²) in [4.78, 5) is 26.9. The first-order valence-corrected chi connectivity index (χ1v) is 9.51. The number of nitrogens with zero attached hydrogens (tertiary/aromatic N) is 2. The van der Waals surface area contributed by atoms with Crippen molar-refractivity contribution in [1.82, 2.24) is 4.90 Å². The summed E-state index contributed by atoms with van der Waals surface area (Å²) in [6.45, 7) is 1.75. The van der Waals surface area contributed by atoms with Crippen molar-refractivity contribution >= 4 is 28.3 Å². The van der Waals surface area contributed by atoms with E-state index in [1.807, 2.05) is 0 Å². The van der Waals surface area contributed by atoms with E-state index in [4.69, 9.17) is 14.2 Å². The smallest absolute Gasteiger partial charge is 0.409 e. The van der Waals surface area contributed by atoms with Gasteiger partial charge in [0.2, 0.25) is 0 Å². The van der Waals surface area contributed by atoms with Gasteiger partial charge in [-0.25, -0.2) is 4.79 Å². The Labute approximate surface area is 165 Å². The van der Waals surface area contributed by atoms with Crippen LogP contribution in [0.2, 0.25) is 0 Å². The van der Waals surface area contributed by atoms with Crippen molar-refractivity contribution in [3.63, 3.8) is 0 Å². The third-order valence-corrected chi connectivity index (χ3v) is 5.77. The predicted octanol–water partition coefficient (Wildman–Crippen LogP) is 2.77. The molecule has 8 nitrogen and oxygen atoms in total. The molecule has 3 heterocycles. The molecule has 2 amide bonds. The molecule has 1 N–H and O–H groups in total. The molecule has 4 rings (SSSR count). The number of nitriles is 1. The highest BCUT2D eigenvalue weighted by atomic mass is 32.1. The van der Waals surface area contributed by atoms with Gasteiger partial charge in [0, 0.05) is 17.0 Å². The van der Waals surface area contributed by atoms with Crippen molar-refractivity contribution in [2.24, 2.45) is 0 Å². The number of benzene rings is 1. The number of methoxy groups -OCH3 is 1. The van der Waals surface area contributed by atoms with Crippen LogP contribution in [0.15, 0.2) is 18.2 Å². The number of fused-ring (bicyclic) bond motifs is 2. The van der Waals surface area contributed by atoms with E-state index in [0.717, 1.165) is 10.4 Å². The molecule has 2 aliphatic rings. The van der Waals surface area contributed by atoms with E-state index in [-0.39, 0.29) is 5.91 Å². The fraction of sp³-hybridized carbons (Fsp3) is 0.316. The van der Waals surface area contributed by atoms with Gasteiger partial charge in [0.15, 0.2) is 11.5 Å². The van der Waals surface area contributed by atoms with Crippen LogP contribution in [0.4, 0.5) is 9.80 Å². The SMILES string of the molecule is COC(=O)N1CCc2c(sc(NC(=O)c3ccc4c(c3)OCCO4)c2C#N)C1. The minimum Gasteiger partial charge on any atom is -0.486 e. The van der Waals surface area contributed by atoms with Crippen LogP contribution in [0.3, 0.4) is 0 Å². The first-order chi connectivity index (χ1) is 13.6. The van der Waals surface area contributed by atoms with Crippen LogP contribution in [0.5, 0.6) is 11.5 Å². The topological polar surface area (TPSA) is 101 Å². The van der Waals surface area contributed by atoms with Crippen LogP contribution in [0, 0.1) is 11.3 Å². The van der Waals surface area contributed by atoms with Gasteiger partial charge in [-0.2, -0.15) is 5.26 Å². The number of ether oxygens (including phenoxy) is 3. The van der Waals surface area contributed by atoms with Gasteiger partial charge in [-0.15, -0.1) is 11.3 Å². The first kappa shape index (κ1) is 18.1. The fourth-order valence-corrected chi connectivity index (χ4v) is 4.46. The molecule has 0 unspecified atom stereocenters. The summed E-state index contributed by atoms with van der Waals surface area (Å²) in [6.07, 6.45) is 0.142. The molecule has 1 aromatic carbocycles. The van der Waals surface area contributed by atoms with Gasteiger partial charge in [-0.05, 0) is 30.2 Å². The number of anilines is 1. The normalized spacial score (nSPS) is 14.6. The predicted molar refractivity (Wildman–Crippen MR) is 101 cm³/mol. The van der Waals surface area contributed by atoms with Crippen LogP contribution >= 0.6 is 11.3 Å². The van der Waals surface area contributed by atoms with Crippen LogP contribution in [-0.4, -0.2) is 43.8 Å². The molecule has 1 aromatic heterocycles. The molecule has 0 spiro atoms. The number of amides is 2. The Morgan fingerprint density at radius 1 is 1.29 bits per heavy atom. The lowest BCUT2D eigenvalue weighted by Gasteiger charge is -2.25. The second-order valence-electron chi connectivity index (χ2n) is 6.27. The third kappa shape index (κ3) is 3.23. The second-order valence-corrected chi connectivity index (χ2v) is 7.38. The molecule has 0 fully saturated rings. The number of carbonyl (C=O) groups is 2. The lowest BCUT2D eigenvalue weighted by atomic mass is 10.0. The van der Waals surface area contributed by atoms with Crippen LogP contribution in [0.1, 0.15) is 26.4 Å². The van der Waals surface area contributed by atoms with Crippen LogP contribution in [0.25, 0.3) is 0 Å². The van der Waals surface area contributed by atoms with Crippen LogP contribution in [-0.2, 0) is 17.7 Å². The second kappa shape index (κ2) is 7.40. The van der Waals surface area contributed by atoms with E-state index in [0.29, 0.717) is 60.4 Å². The van der Waals surface area contributed by atoms with E-state index in [1.54, 1.807) is 23.1 Å². The molecule has 0 bridgehead atoms. The maximum absolute atomic E-state index is 12.7. The monoisotopic (exact) mass is 399 g/mol. The van der Waals surface area contributed by atoms with Gasteiger partial charge in [-0.3, -0.25) is 4.79 Å². The summed E-state index contributed by atoms with van der Waals surface area (Å²) in [5.74, 6) is 0.797. The number of thiophene rings is 1. The highest BCUT2D eigenvalue weighted by Crippen LogP contribution is 2.37. The van der Waals surface area contributed by atoms with E-state index in [1.165, 1.54) is 18.4 Å². The van der Waals surface area contributed by atoms with Crippen molar-refractivity contribution in [3.05, 3.63) is 39.8 Å². The largest absolute Gasteiger partial charge is 0.486 e. The summed E-state index contributed by atoms with van der Waals surface area (Å²) >= 11 is 1.31. The summed E-state index contributed by atoms with van der Waals surface area (Å²) in [5, 5.41) is 12.9. The van der Waals surface area contributed by atoms with Crippen LogP contribution < -0.4 is 14.8 Å². The van der Waals surface area contributed by atoms with Crippen molar-refractivity contribution in [2.45, 2.75) is 13.0 Å². The number of hydrogen-bond acceptors (Lipinski definition) is 7. The van der Waals surface area contributed by atoms with Gasteiger partial charge >= 0.3 is 6.09 Å². The van der Waals surface area contributed by atoms with Gasteiger partial charge in [0.1, 0.15) is 24.3 Å². The minimum atomic E-state index is -0.403. The average molecular weight is 399 g/mol. The van der Waals surface area contributed by atoms with Crippen molar-refractivity contribution in [3.8, 4) is 17.6 Å². The van der Waals surface area contributed by atoms with Crippen molar-refractivity contribution < 1.29 is 23.8 Å². The quantitative estimate of drug-likeness (QED) is 0.833. The highest BCUT2D eigenvalue weighted by Gasteiger charge is 2.28. The van der Waals surface area contributed by atoms with E-state index < -0.39 is 6.09 Å². The van der Waals surface area contributed by atoms with Gasteiger partial charge in [0.25, 0.3) is 5.91 Å². The minimum absolute atomic E-state index is 0.336. The highest BCUT2D eigenvalue weighted by molar-refractivity contribution is 7.16. The Balaban J connectivity index is 1.57. The average Bonchev–Trinajstić information content (AvgIpc) is 3.08. The van der Waals surface area contributed by atoms with Gasteiger partial charge in [-0.1, -0.05) is 0 Å². The molecule has 2 aliphatic heterocycles. The molecule has 9 heteroatoms. The maximum atomic E-state index is 12.7. The molecular formula is C19H17N3O5S. The lowest BCUT2D eigenvalue weighted by molar-refractivity contribution is 0.102. The summed E-state index contributed by atoms with van der Waals surface area (Å²) in [6, 6.07) is 7.16. The molecule has 144 valence electrons. The number of hydrogen-bond donors (Lipinski definition) is 1. The Morgan fingerprint density at radius 3 is 2.82 bits per heavy atom. The summed E-state index contributed by atoms with van der Waals surface area (Å²) in [5.41, 5.74) is 1.75. The molecule has 0 saturated heterocycles. The molecule has 28 heavy (non-hydrogen) atoms. The van der Waals surface area contributed by atoms with E-state index in [2.05, 4.69) is 11.4 Å². The van der Waals surface area contributed by atoms with E-state index in [9.17, 15) is 14.9 Å². The zero-order valence-electron chi connectivity index (χ0n) is 15.1. The Hall–Kier alpha value is -3.25. The molecule has 2 aromatic rings. The zero-order chi connectivity index (χ0) is 19.7. The van der Waals surface area contributed by atoms with Gasteiger partial charge in [0.05, 0.1) is 19.2 Å². The number of carbonyl (C=O) groups excluding carboxylic acids is 2.